The average Bonchev–Trinajstić information content (AvgIpc) is 2.92. The van der Waals surface area contributed by atoms with Gasteiger partial charge in [0.25, 0.3) is 0 Å². The van der Waals surface area contributed by atoms with Gasteiger partial charge < -0.3 is 10.2 Å². The molecule has 0 bridgehead atoms. The number of rotatable bonds is 8. The summed E-state index contributed by atoms with van der Waals surface area (Å²) >= 11 is 0. The van der Waals surface area contributed by atoms with E-state index in [2.05, 4.69) is 24.1 Å². The SMILES string of the molecule is CCCNC(CN1CCC(CCC)C1)c1ccccc1F. The molecule has 0 amide bonds. The summed E-state index contributed by atoms with van der Waals surface area (Å²) in [6.07, 6.45) is 4.96. The fourth-order valence-electron chi connectivity index (χ4n) is 3.33. The lowest BCUT2D eigenvalue weighted by atomic mass is 10.0. The lowest BCUT2D eigenvalue weighted by Gasteiger charge is -2.25. The second-order valence-corrected chi connectivity index (χ2v) is 6.23. The fraction of sp³-hybridized carbons (Fsp3) is 0.667. The van der Waals surface area contributed by atoms with Crippen LogP contribution in [0.2, 0.25) is 0 Å². The zero-order chi connectivity index (χ0) is 15.1. The van der Waals surface area contributed by atoms with E-state index >= 15 is 0 Å². The second-order valence-electron chi connectivity index (χ2n) is 6.23. The fourth-order valence-corrected chi connectivity index (χ4v) is 3.33. The lowest BCUT2D eigenvalue weighted by molar-refractivity contribution is 0.277. The van der Waals surface area contributed by atoms with Crippen LogP contribution in [-0.4, -0.2) is 31.1 Å². The van der Waals surface area contributed by atoms with E-state index in [1.54, 1.807) is 12.1 Å². The van der Waals surface area contributed by atoms with Gasteiger partial charge in [-0.25, -0.2) is 4.39 Å². The van der Waals surface area contributed by atoms with E-state index in [0.29, 0.717) is 0 Å². The summed E-state index contributed by atoms with van der Waals surface area (Å²) in [7, 11) is 0. The number of hydrogen-bond donors (Lipinski definition) is 1. The number of hydrogen-bond acceptors (Lipinski definition) is 2. The van der Waals surface area contributed by atoms with E-state index in [4.69, 9.17) is 0 Å². The van der Waals surface area contributed by atoms with E-state index in [1.807, 2.05) is 12.1 Å². The molecular weight excluding hydrogens is 263 g/mol. The summed E-state index contributed by atoms with van der Waals surface area (Å²) in [6, 6.07) is 7.29. The maximum absolute atomic E-state index is 14.1. The summed E-state index contributed by atoms with van der Waals surface area (Å²) < 4.78 is 14.1. The van der Waals surface area contributed by atoms with Gasteiger partial charge in [-0.1, -0.05) is 38.5 Å². The molecule has 0 spiro atoms. The summed E-state index contributed by atoms with van der Waals surface area (Å²) in [5.41, 5.74) is 0.810. The lowest BCUT2D eigenvalue weighted by Crippen LogP contribution is -2.35. The van der Waals surface area contributed by atoms with Crippen molar-refractivity contribution in [2.45, 2.75) is 45.6 Å². The third kappa shape index (κ3) is 4.79. The van der Waals surface area contributed by atoms with Gasteiger partial charge in [-0.05, 0) is 44.3 Å². The first-order valence-corrected chi connectivity index (χ1v) is 8.44. The number of likely N-dealkylation sites (tertiary alicyclic amines) is 1. The molecule has 21 heavy (non-hydrogen) atoms. The first-order valence-electron chi connectivity index (χ1n) is 8.44. The van der Waals surface area contributed by atoms with Gasteiger partial charge in [-0.15, -0.1) is 0 Å². The third-order valence-corrected chi connectivity index (χ3v) is 4.43. The molecule has 2 unspecified atom stereocenters. The molecule has 118 valence electrons. The molecular formula is C18H29FN2. The van der Waals surface area contributed by atoms with Crippen molar-refractivity contribution in [1.29, 1.82) is 0 Å². The third-order valence-electron chi connectivity index (χ3n) is 4.43. The molecule has 2 atom stereocenters. The Morgan fingerprint density at radius 2 is 2.10 bits per heavy atom. The molecule has 3 heteroatoms. The summed E-state index contributed by atoms with van der Waals surface area (Å²) in [6.45, 7) is 8.59. The number of benzene rings is 1. The summed E-state index contributed by atoms with van der Waals surface area (Å²) in [5, 5.41) is 3.52. The molecule has 0 radical (unpaired) electrons. The largest absolute Gasteiger partial charge is 0.309 e. The molecule has 1 saturated heterocycles. The summed E-state index contributed by atoms with van der Waals surface area (Å²) in [4.78, 5) is 2.50. The van der Waals surface area contributed by atoms with E-state index in [-0.39, 0.29) is 11.9 Å². The highest BCUT2D eigenvalue weighted by molar-refractivity contribution is 5.21. The average molecular weight is 292 g/mol. The second kappa shape index (κ2) is 8.50. The molecule has 1 aromatic carbocycles. The molecule has 2 rings (SSSR count). The molecule has 1 aromatic rings. The van der Waals surface area contributed by atoms with E-state index in [1.165, 1.54) is 25.8 Å². The van der Waals surface area contributed by atoms with E-state index < -0.39 is 0 Å². The minimum absolute atomic E-state index is 0.0876. The highest BCUT2D eigenvalue weighted by Crippen LogP contribution is 2.24. The van der Waals surface area contributed by atoms with Crippen LogP contribution in [0.1, 0.15) is 51.1 Å². The first kappa shape index (κ1) is 16.4. The molecule has 1 N–H and O–H groups in total. The highest BCUT2D eigenvalue weighted by atomic mass is 19.1. The van der Waals surface area contributed by atoms with Gasteiger partial charge in [0.2, 0.25) is 0 Å². The molecule has 0 aliphatic carbocycles. The van der Waals surface area contributed by atoms with E-state index in [0.717, 1.165) is 37.5 Å². The Morgan fingerprint density at radius 3 is 2.81 bits per heavy atom. The van der Waals surface area contributed by atoms with Crippen molar-refractivity contribution in [3.8, 4) is 0 Å². The standard InChI is InChI=1S/C18H29FN2/c1-3-7-15-10-12-21(13-15)14-18(20-11-4-2)16-8-5-6-9-17(16)19/h5-6,8-9,15,18,20H,3-4,7,10-14H2,1-2H3. The number of nitrogens with one attached hydrogen (secondary N) is 1. The van der Waals surface area contributed by atoms with Gasteiger partial charge in [-0.2, -0.15) is 0 Å². The normalized spacial score (nSPS) is 20.8. The van der Waals surface area contributed by atoms with Crippen LogP contribution in [0.3, 0.4) is 0 Å². The van der Waals surface area contributed by atoms with Crippen LogP contribution in [0.25, 0.3) is 0 Å². The Balaban J connectivity index is 1.99. The topological polar surface area (TPSA) is 15.3 Å². The van der Waals surface area contributed by atoms with Gasteiger partial charge in [0.1, 0.15) is 5.82 Å². The van der Waals surface area contributed by atoms with Crippen LogP contribution in [-0.2, 0) is 0 Å². The van der Waals surface area contributed by atoms with Crippen molar-refractivity contribution in [2.24, 2.45) is 5.92 Å². The van der Waals surface area contributed by atoms with Gasteiger partial charge in [-0.3, -0.25) is 0 Å². The Kier molecular flexibility index (Phi) is 6.65. The van der Waals surface area contributed by atoms with Crippen molar-refractivity contribution >= 4 is 0 Å². The Hall–Kier alpha value is -0.930. The molecule has 2 nitrogen and oxygen atoms in total. The number of halogens is 1. The molecule has 1 aliphatic heterocycles. The van der Waals surface area contributed by atoms with Crippen molar-refractivity contribution in [2.75, 3.05) is 26.2 Å². The van der Waals surface area contributed by atoms with E-state index in [9.17, 15) is 4.39 Å². The Morgan fingerprint density at radius 1 is 1.29 bits per heavy atom. The molecule has 1 aliphatic rings. The van der Waals surface area contributed by atoms with Crippen molar-refractivity contribution in [3.05, 3.63) is 35.6 Å². The molecule has 0 saturated carbocycles. The van der Waals surface area contributed by atoms with Crippen LogP contribution in [0.15, 0.2) is 24.3 Å². The monoisotopic (exact) mass is 292 g/mol. The van der Waals surface area contributed by atoms with Crippen molar-refractivity contribution < 1.29 is 4.39 Å². The predicted octanol–water partition coefficient (Wildman–Crippen LogP) is 3.99. The minimum Gasteiger partial charge on any atom is -0.309 e. The van der Waals surface area contributed by atoms with Crippen LogP contribution < -0.4 is 5.32 Å². The molecule has 1 heterocycles. The first-order chi connectivity index (χ1) is 10.2. The number of nitrogens with zero attached hydrogens (tertiary/aromatic N) is 1. The predicted molar refractivity (Wildman–Crippen MR) is 86.9 cm³/mol. The molecule has 1 fully saturated rings. The van der Waals surface area contributed by atoms with Crippen molar-refractivity contribution in [1.82, 2.24) is 10.2 Å². The highest BCUT2D eigenvalue weighted by Gasteiger charge is 2.25. The van der Waals surface area contributed by atoms with Crippen molar-refractivity contribution in [3.63, 3.8) is 0 Å². The van der Waals surface area contributed by atoms with Crippen LogP contribution in [0, 0.1) is 11.7 Å². The maximum Gasteiger partial charge on any atom is 0.128 e. The smallest absolute Gasteiger partial charge is 0.128 e. The maximum atomic E-state index is 14.1. The zero-order valence-corrected chi connectivity index (χ0v) is 13.4. The van der Waals surface area contributed by atoms with Crippen LogP contribution in [0.4, 0.5) is 4.39 Å². The Labute approximate surface area is 128 Å². The minimum atomic E-state index is -0.0876. The zero-order valence-electron chi connectivity index (χ0n) is 13.4. The van der Waals surface area contributed by atoms with Crippen LogP contribution in [0.5, 0.6) is 0 Å². The quantitative estimate of drug-likeness (QED) is 0.779. The van der Waals surface area contributed by atoms with Gasteiger partial charge in [0.05, 0.1) is 0 Å². The molecule has 0 aromatic heterocycles. The van der Waals surface area contributed by atoms with Gasteiger partial charge >= 0.3 is 0 Å². The summed E-state index contributed by atoms with van der Waals surface area (Å²) in [5.74, 6) is 0.748. The van der Waals surface area contributed by atoms with Crippen LogP contribution >= 0.6 is 0 Å². The van der Waals surface area contributed by atoms with Gasteiger partial charge in [0, 0.05) is 24.7 Å². The Bertz CT molecular complexity index is 421. The van der Waals surface area contributed by atoms with Gasteiger partial charge in [0.15, 0.2) is 0 Å².